The van der Waals surface area contributed by atoms with Crippen LogP contribution in [0.25, 0.3) is 0 Å². The molecule has 3 aliphatic rings. The maximum atomic E-state index is 12.6. The van der Waals surface area contributed by atoms with E-state index in [-0.39, 0.29) is 16.7 Å². The molecule has 142 valence electrons. The normalized spacial score (nSPS) is 21.0. The Morgan fingerprint density at radius 2 is 1.96 bits per heavy atom. The maximum Gasteiger partial charge on any atom is 0.240 e. The molecule has 0 atom stereocenters. The SMILES string of the molecule is O=C(C1CC1)N1CCc2cc(S(=O)(=O)NCCN3CCOCC3)ccc21. The lowest BCUT2D eigenvalue weighted by molar-refractivity contribution is -0.119. The smallest absolute Gasteiger partial charge is 0.240 e. The van der Waals surface area contributed by atoms with Crippen molar-refractivity contribution in [1.29, 1.82) is 0 Å². The van der Waals surface area contributed by atoms with Gasteiger partial charge in [0.2, 0.25) is 15.9 Å². The number of carbonyl (C=O) groups excluding carboxylic acids is 1. The molecule has 7 nitrogen and oxygen atoms in total. The minimum absolute atomic E-state index is 0.172. The summed E-state index contributed by atoms with van der Waals surface area (Å²) in [5.74, 6) is 0.356. The van der Waals surface area contributed by atoms with Crippen molar-refractivity contribution in [2.75, 3.05) is 50.8 Å². The molecule has 1 aromatic carbocycles. The van der Waals surface area contributed by atoms with Gasteiger partial charge in [-0.05, 0) is 43.0 Å². The number of rotatable bonds is 6. The average Bonchev–Trinajstić information content (AvgIpc) is 3.41. The Kier molecular flexibility index (Phi) is 5.00. The first kappa shape index (κ1) is 17.9. The van der Waals surface area contributed by atoms with Gasteiger partial charge in [0.25, 0.3) is 0 Å². The van der Waals surface area contributed by atoms with Crippen molar-refractivity contribution in [1.82, 2.24) is 9.62 Å². The topological polar surface area (TPSA) is 79.0 Å². The minimum Gasteiger partial charge on any atom is -0.379 e. The van der Waals surface area contributed by atoms with Gasteiger partial charge in [-0.15, -0.1) is 0 Å². The highest BCUT2D eigenvalue weighted by Crippen LogP contribution is 2.37. The highest BCUT2D eigenvalue weighted by atomic mass is 32.2. The average molecular weight is 379 g/mol. The van der Waals surface area contributed by atoms with Crippen molar-refractivity contribution in [3.8, 4) is 0 Å². The summed E-state index contributed by atoms with van der Waals surface area (Å²) in [4.78, 5) is 16.6. The van der Waals surface area contributed by atoms with E-state index in [1.54, 1.807) is 18.2 Å². The summed E-state index contributed by atoms with van der Waals surface area (Å²) in [6, 6.07) is 5.10. The number of nitrogens with zero attached hydrogens (tertiary/aromatic N) is 2. The number of sulfonamides is 1. The van der Waals surface area contributed by atoms with E-state index in [2.05, 4.69) is 9.62 Å². The fourth-order valence-electron chi connectivity index (χ4n) is 3.57. The fourth-order valence-corrected chi connectivity index (χ4v) is 4.64. The number of anilines is 1. The first-order valence-corrected chi connectivity index (χ1v) is 10.8. The largest absolute Gasteiger partial charge is 0.379 e. The first-order chi connectivity index (χ1) is 12.5. The van der Waals surface area contributed by atoms with E-state index in [4.69, 9.17) is 4.74 Å². The van der Waals surface area contributed by atoms with Gasteiger partial charge in [-0.1, -0.05) is 0 Å². The fraction of sp³-hybridized carbons (Fsp3) is 0.611. The third-order valence-corrected chi connectivity index (χ3v) is 6.73. The first-order valence-electron chi connectivity index (χ1n) is 9.29. The van der Waals surface area contributed by atoms with E-state index in [1.165, 1.54) is 0 Å². The Balaban J connectivity index is 1.40. The third-order valence-electron chi connectivity index (χ3n) is 5.27. The number of amides is 1. The molecule has 4 rings (SSSR count). The highest BCUT2D eigenvalue weighted by molar-refractivity contribution is 7.89. The molecule has 0 spiro atoms. The van der Waals surface area contributed by atoms with Gasteiger partial charge in [0.05, 0.1) is 18.1 Å². The molecule has 8 heteroatoms. The van der Waals surface area contributed by atoms with E-state index in [0.717, 1.165) is 37.2 Å². The van der Waals surface area contributed by atoms with E-state index in [9.17, 15) is 13.2 Å². The quantitative estimate of drug-likeness (QED) is 0.783. The summed E-state index contributed by atoms with van der Waals surface area (Å²) in [6.45, 7) is 4.79. The summed E-state index contributed by atoms with van der Waals surface area (Å²) in [5, 5.41) is 0. The van der Waals surface area contributed by atoms with E-state index in [1.807, 2.05) is 4.90 Å². The zero-order chi connectivity index (χ0) is 18.1. The molecule has 26 heavy (non-hydrogen) atoms. The summed E-state index contributed by atoms with van der Waals surface area (Å²) in [7, 11) is -3.54. The lowest BCUT2D eigenvalue weighted by atomic mass is 10.2. The lowest BCUT2D eigenvalue weighted by Crippen LogP contribution is -2.41. The van der Waals surface area contributed by atoms with Crippen molar-refractivity contribution in [2.45, 2.75) is 24.2 Å². The Morgan fingerprint density at radius 3 is 2.69 bits per heavy atom. The second-order valence-corrected chi connectivity index (χ2v) is 8.92. The van der Waals surface area contributed by atoms with Gasteiger partial charge in [-0.25, -0.2) is 13.1 Å². The van der Waals surface area contributed by atoms with Crippen LogP contribution < -0.4 is 9.62 Å². The van der Waals surface area contributed by atoms with Crippen LogP contribution in [0.1, 0.15) is 18.4 Å². The number of benzene rings is 1. The predicted molar refractivity (Wildman–Crippen MR) is 97.7 cm³/mol. The zero-order valence-corrected chi connectivity index (χ0v) is 15.6. The standard InChI is InChI=1S/C18H25N3O4S/c22-18(14-1-2-14)21-7-5-15-13-16(3-4-17(15)21)26(23,24)19-6-8-20-9-11-25-12-10-20/h3-4,13-14,19H,1-2,5-12H2. The molecular weight excluding hydrogens is 354 g/mol. The Bertz CT molecular complexity index is 786. The minimum atomic E-state index is -3.54. The van der Waals surface area contributed by atoms with Crippen molar-refractivity contribution >= 4 is 21.6 Å². The lowest BCUT2D eigenvalue weighted by Gasteiger charge is -2.26. The summed E-state index contributed by atoms with van der Waals surface area (Å²) in [6.07, 6.45) is 2.67. The van der Waals surface area contributed by atoms with Gasteiger partial charge in [-0.2, -0.15) is 0 Å². The Hall–Kier alpha value is -1.48. The zero-order valence-electron chi connectivity index (χ0n) is 14.8. The van der Waals surface area contributed by atoms with Crippen LogP contribution in [0.3, 0.4) is 0 Å². The van der Waals surface area contributed by atoms with Gasteiger partial charge in [0.1, 0.15) is 0 Å². The molecule has 0 bridgehead atoms. The molecule has 0 aromatic heterocycles. The van der Waals surface area contributed by atoms with Gasteiger partial charge < -0.3 is 9.64 Å². The number of fused-ring (bicyclic) bond motifs is 1. The molecule has 2 heterocycles. The molecule has 1 N–H and O–H groups in total. The molecule has 0 radical (unpaired) electrons. The van der Waals surface area contributed by atoms with E-state index >= 15 is 0 Å². The van der Waals surface area contributed by atoms with Crippen LogP contribution in [0.5, 0.6) is 0 Å². The predicted octanol–water partition coefficient (Wildman–Crippen LogP) is 0.596. The molecular formula is C18H25N3O4S. The van der Waals surface area contributed by atoms with Gasteiger partial charge in [-0.3, -0.25) is 9.69 Å². The number of hydrogen-bond acceptors (Lipinski definition) is 5. The molecule has 2 fully saturated rings. The van der Waals surface area contributed by atoms with Crippen molar-refractivity contribution < 1.29 is 17.9 Å². The molecule has 1 aliphatic carbocycles. The summed E-state index contributed by atoms with van der Waals surface area (Å²) < 4.78 is 33.1. The second-order valence-electron chi connectivity index (χ2n) is 7.16. The molecule has 1 saturated carbocycles. The number of nitrogens with one attached hydrogen (secondary N) is 1. The van der Waals surface area contributed by atoms with Crippen LogP contribution in [-0.2, 0) is 26.0 Å². The molecule has 1 aromatic rings. The van der Waals surface area contributed by atoms with Crippen LogP contribution in [0.4, 0.5) is 5.69 Å². The molecule has 1 saturated heterocycles. The monoisotopic (exact) mass is 379 g/mol. The van der Waals surface area contributed by atoms with Crippen LogP contribution >= 0.6 is 0 Å². The van der Waals surface area contributed by atoms with E-state index in [0.29, 0.717) is 39.3 Å². The summed E-state index contributed by atoms with van der Waals surface area (Å²) >= 11 is 0. The maximum absolute atomic E-state index is 12.6. The van der Waals surface area contributed by atoms with Crippen molar-refractivity contribution in [2.24, 2.45) is 5.92 Å². The number of hydrogen-bond donors (Lipinski definition) is 1. The van der Waals surface area contributed by atoms with Gasteiger partial charge in [0, 0.05) is 44.3 Å². The molecule has 0 unspecified atom stereocenters. The van der Waals surface area contributed by atoms with Crippen molar-refractivity contribution in [3.63, 3.8) is 0 Å². The second kappa shape index (κ2) is 7.26. The van der Waals surface area contributed by atoms with Crippen molar-refractivity contribution in [3.05, 3.63) is 23.8 Å². The van der Waals surface area contributed by atoms with Gasteiger partial charge in [0.15, 0.2) is 0 Å². The number of morpholine rings is 1. The Morgan fingerprint density at radius 1 is 1.19 bits per heavy atom. The van der Waals surface area contributed by atoms with Gasteiger partial charge >= 0.3 is 0 Å². The van der Waals surface area contributed by atoms with Crippen LogP contribution in [0, 0.1) is 5.92 Å². The number of ether oxygens (including phenoxy) is 1. The Labute approximate surface area is 154 Å². The molecule has 2 aliphatic heterocycles. The third kappa shape index (κ3) is 3.78. The van der Waals surface area contributed by atoms with Crippen LogP contribution in [0.15, 0.2) is 23.1 Å². The molecule has 1 amide bonds. The number of carbonyl (C=O) groups is 1. The van der Waals surface area contributed by atoms with E-state index < -0.39 is 10.0 Å². The highest BCUT2D eigenvalue weighted by Gasteiger charge is 2.36. The van der Waals surface area contributed by atoms with Crippen LogP contribution in [-0.4, -0.2) is 65.2 Å². The van der Waals surface area contributed by atoms with Crippen LogP contribution in [0.2, 0.25) is 0 Å². The summed E-state index contributed by atoms with van der Waals surface area (Å²) in [5.41, 5.74) is 1.81.